The molecular weight excluding hydrogens is 527 g/mol. The fourth-order valence-corrected chi connectivity index (χ4v) is 3.73. The summed E-state index contributed by atoms with van der Waals surface area (Å²) in [6.07, 6.45) is -0.921. The van der Waals surface area contributed by atoms with E-state index in [1.807, 2.05) is 38.2 Å². The first-order valence-corrected chi connectivity index (χ1v) is 12.0. The zero-order valence-corrected chi connectivity index (χ0v) is 22.6. The van der Waals surface area contributed by atoms with E-state index in [0.717, 1.165) is 23.0 Å². The van der Waals surface area contributed by atoms with Crippen molar-refractivity contribution in [3.63, 3.8) is 0 Å². The Morgan fingerprint density at radius 3 is 2.58 bits per heavy atom. The molecule has 214 valence electrons. The van der Waals surface area contributed by atoms with Crippen molar-refractivity contribution in [1.82, 2.24) is 20.1 Å². The summed E-state index contributed by atoms with van der Waals surface area (Å²) < 4.78 is 46.2. The number of nitrogens with one attached hydrogen (secondary N) is 2. The zero-order chi connectivity index (χ0) is 29.6. The number of benzene rings is 2. The first-order valence-electron chi connectivity index (χ1n) is 12.0. The molecule has 1 heterocycles. The molecule has 6 N–H and O–H groups in total. The summed E-state index contributed by atoms with van der Waals surface area (Å²) in [4.78, 5) is 20.0. The van der Waals surface area contributed by atoms with Gasteiger partial charge in [-0.2, -0.15) is 5.10 Å². The van der Waals surface area contributed by atoms with Crippen LogP contribution in [0.3, 0.4) is 0 Å². The summed E-state index contributed by atoms with van der Waals surface area (Å²) in [5.41, 5.74) is 10.6. The summed E-state index contributed by atoms with van der Waals surface area (Å²) in [7, 11) is 7.21. The second-order valence-electron chi connectivity index (χ2n) is 9.09. The number of aromatic nitrogens is 2. The zero-order valence-electron chi connectivity index (χ0n) is 22.6. The summed E-state index contributed by atoms with van der Waals surface area (Å²) >= 11 is 0. The van der Waals surface area contributed by atoms with E-state index >= 15 is 0 Å². The molecule has 14 heteroatoms. The van der Waals surface area contributed by atoms with Gasteiger partial charge in [0.1, 0.15) is 11.5 Å². The molecule has 0 atom stereocenters. The van der Waals surface area contributed by atoms with Crippen molar-refractivity contribution in [2.45, 2.75) is 6.36 Å². The average Bonchev–Trinajstić information content (AvgIpc) is 3.26. The van der Waals surface area contributed by atoms with E-state index in [1.165, 1.54) is 12.1 Å². The molecule has 0 aliphatic rings. The molecule has 3 rings (SSSR count). The fourth-order valence-electron chi connectivity index (χ4n) is 3.73. The van der Waals surface area contributed by atoms with Gasteiger partial charge in [0.25, 0.3) is 0 Å². The molecule has 0 bridgehead atoms. The number of hydrogen-bond acceptors (Lipinski definition) is 8. The summed E-state index contributed by atoms with van der Waals surface area (Å²) in [6, 6.07) is 7.82. The molecule has 0 radical (unpaired) electrons. The SMILES string of the molecule is C=CC(=O)Nc1cc(N=C(C=C(N)c2ccc3c(cnn3C)c2)NN)c(OC(F)(F)F)cc1N(C)CCN(C)C. The Hall–Kier alpha value is -4.56. The molecule has 0 aliphatic heterocycles. The van der Waals surface area contributed by atoms with Crippen LogP contribution in [0.25, 0.3) is 16.6 Å². The number of nitrogens with two attached hydrogens (primary N) is 2. The van der Waals surface area contributed by atoms with E-state index < -0.39 is 18.0 Å². The smallest absolute Gasteiger partial charge is 0.403 e. The van der Waals surface area contributed by atoms with Crippen molar-refractivity contribution in [3.05, 3.63) is 60.8 Å². The van der Waals surface area contributed by atoms with Crippen LogP contribution < -0.4 is 32.0 Å². The summed E-state index contributed by atoms with van der Waals surface area (Å²) in [6.45, 7) is 4.47. The van der Waals surface area contributed by atoms with Crippen LogP contribution in [0.2, 0.25) is 0 Å². The van der Waals surface area contributed by atoms with Crippen molar-refractivity contribution >= 4 is 45.4 Å². The third-order valence-electron chi connectivity index (χ3n) is 5.80. The van der Waals surface area contributed by atoms with E-state index in [-0.39, 0.29) is 28.6 Å². The predicted molar refractivity (Wildman–Crippen MR) is 151 cm³/mol. The predicted octanol–water partition coefficient (Wildman–Crippen LogP) is 3.09. The third-order valence-corrected chi connectivity index (χ3v) is 5.80. The maximum Gasteiger partial charge on any atom is 0.573 e. The maximum atomic E-state index is 13.4. The molecule has 1 amide bonds. The van der Waals surface area contributed by atoms with Crippen molar-refractivity contribution in [3.8, 4) is 5.75 Å². The van der Waals surface area contributed by atoms with Gasteiger partial charge in [-0.3, -0.25) is 9.48 Å². The average molecular weight is 560 g/mol. The number of carbonyl (C=O) groups excluding carboxylic acids is 1. The lowest BCUT2D eigenvalue weighted by atomic mass is 10.1. The monoisotopic (exact) mass is 559 g/mol. The van der Waals surface area contributed by atoms with Crippen LogP contribution in [0, 0.1) is 0 Å². The molecule has 40 heavy (non-hydrogen) atoms. The Kier molecular flexibility index (Phi) is 9.39. The first kappa shape index (κ1) is 30.0. The van der Waals surface area contributed by atoms with E-state index in [2.05, 4.69) is 32.1 Å². The number of aliphatic imine (C=N–C) groups is 1. The Balaban J connectivity index is 2.11. The summed E-state index contributed by atoms with van der Waals surface area (Å²) in [5.74, 6) is 4.42. The lowest BCUT2D eigenvalue weighted by Crippen LogP contribution is -2.30. The van der Waals surface area contributed by atoms with Gasteiger partial charge in [-0.05, 0) is 43.9 Å². The van der Waals surface area contributed by atoms with E-state index in [0.29, 0.717) is 18.7 Å². The molecule has 0 saturated carbocycles. The molecule has 3 aromatic rings. The highest BCUT2D eigenvalue weighted by molar-refractivity contribution is 6.03. The maximum absolute atomic E-state index is 13.4. The van der Waals surface area contributed by atoms with Gasteiger partial charge in [0.15, 0.2) is 5.75 Å². The van der Waals surface area contributed by atoms with Gasteiger partial charge in [0.2, 0.25) is 5.91 Å². The number of carbonyl (C=O) groups is 1. The highest BCUT2D eigenvalue weighted by Crippen LogP contribution is 2.41. The van der Waals surface area contributed by atoms with Crippen molar-refractivity contribution in [2.24, 2.45) is 23.6 Å². The topological polar surface area (TPSA) is 139 Å². The number of fused-ring (bicyclic) bond motifs is 1. The van der Waals surface area contributed by atoms with E-state index in [9.17, 15) is 18.0 Å². The normalized spacial score (nSPS) is 12.5. The number of aryl methyl sites for hydroxylation is 1. The Morgan fingerprint density at radius 2 is 1.95 bits per heavy atom. The minimum atomic E-state index is -5.01. The molecular formula is C26H32F3N9O2. The number of anilines is 2. The highest BCUT2D eigenvalue weighted by Gasteiger charge is 2.33. The Bertz CT molecular complexity index is 1450. The lowest BCUT2D eigenvalue weighted by Gasteiger charge is -2.25. The van der Waals surface area contributed by atoms with E-state index in [4.69, 9.17) is 11.6 Å². The number of amidine groups is 1. The van der Waals surface area contributed by atoms with Crippen molar-refractivity contribution in [1.29, 1.82) is 0 Å². The number of nitrogens with zero attached hydrogens (tertiary/aromatic N) is 5. The second-order valence-corrected chi connectivity index (χ2v) is 9.09. The van der Waals surface area contributed by atoms with Crippen LogP contribution in [-0.4, -0.2) is 67.0 Å². The molecule has 1 aromatic heterocycles. The molecule has 11 nitrogen and oxygen atoms in total. The van der Waals surface area contributed by atoms with Gasteiger partial charge >= 0.3 is 6.36 Å². The van der Waals surface area contributed by atoms with Crippen LogP contribution in [0.5, 0.6) is 5.75 Å². The van der Waals surface area contributed by atoms with Crippen LogP contribution in [0.4, 0.5) is 30.2 Å². The summed E-state index contributed by atoms with van der Waals surface area (Å²) in [5, 5.41) is 7.65. The minimum absolute atomic E-state index is 0.0643. The fraction of sp³-hybridized carbons (Fsp3) is 0.269. The van der Waals surface area contributed by atoms with Crippen molar-refractivity contribution < 1.29 is 22.7 Å². The third kappa shape index (κ3) is 7.74. The molecule has 0 fully saturated rings. The lowest BCUT2D eigenvalue weighted by molar-refractivity contribution is -0.274. The minimum Gasteiger partial charge on any atom is -0.403 e. The van der Waals surface area contributed by atoms with Crippen LogP contribution in [-0.2, 0) is 11.8 Å². The molecule has 0 spiro atoms. The number of likely N-dealkylation sites (N-methyl/N-ethyl adjacent to an activating group) is 2. The number of hydrogen-bond donors (Lipinski definition) is 4. The van der Waals surface area contributed by atoms with Crippen LogP contribution in [0.15, 0.2) is 60.3 Å². The van der Waals surface area contributed by atoms with Gasteiger partial charge < -0.3 is 31.0 Å². The van der Waals surface area contributed by atoms with Gasteiger partial charge in [-0.25, -0.2) is 10.8 Å². The molecule has 0 saturated heterocycles. The Labute approximate surface area is 229 Å². The molecule has 2 aromatic carbocycles. The largest absolute Gasteiger partial charge is 0.573 e. The highest BCUT2D eigenvalue weighted by atomic mass is 19.4. The Morgan fingerprint density at radius 1 is 1.23 bits per heavy atom. The van der Waals surface area contributed by atoms with Gasteiger partial charge in [0, 0.05) is 50.4 Å². The van der Waals surface area contributed by atoms with E-state index in [1.54, 1.807) is 28.9 Å². The second kappa shape index (κ2) is 12.5. The van der Waals surface area contributed by atoms with Crippen LogP contribution >= 0.6 is 0 Å². The number of hydrazine groups is 1. The number of halogens is 3. The first-order chi connectivity index (χ1) is 18.8. The van der Waals surface area contributed by atoms with Crippen LogP contribution in [0.1, 0.15) is 5.56 Å². The molecule has 0 aliphatic carbocycles. The quantitative estimate of drug-likeness (QED) is 0.0978. The number of amides is 1. The van der Waals surface area contributed by atoms with Gasteiger partial charge in [-0.15, -0.1) is 13.2 Å². The standard InChI is InChI=1S/C26H32F3N9O2/c1-6-25(39)34-19-13-20(23(40-26(27,28)29)14-22(19)37(4)10-9-36(2)3)33-24(35-31)12-18(30)16-7-8-21-17(11-16)15-32-38(21)5/h6-8,11-15H,1,9-10,30-31H2,2-5H3,(H,33,35)(H,34,39). The number of ether oxygens (including phenoxy) is 1. The van der Waals surface area contributed by atoms with Gasteiger partial charge in [-0.1, -0.05) is 12.6 Å². The molecule has 0 unspecified atom stereocenters. The van der Waals surface area contributed by atoms with Gasteiger partial charge in [0.05, 0.1) is 23.1 Å². The number of alkyl halides is 3. The number of rotatable bonds is 10. The van der Waals surface area contributed by atoms with Crippen molar-refractivity contribution in [2.75, 3.05) is 44.4 Å².